The van der Waals surface area contributed by atoms with Crippen LogP contribution in [0.2, 0.25) is 0 Å². The maximum absolute atomic E-state index is 13.8. The second kappa shape index (κ2) is 13.2. The molecule has 0 saturated carbocycles. The largest absolute Gasteiger partial charge is 0.352 e. The first kappa shape index (κ1) is 27.4. The SMILES string of the molecule is CCC(C)N(C(=O)Cn1c(CCCCCNC(=O)c2ccccc2F)nc2ccccc21)C(C)CC. The van der Waals surface area contributed by atoms with Crippen LogP contribution in [0.4, 0.5) is 4.39 Å². The summed E-state index contributed by atoms with van der Waals surface area (Å²) < 4.78 is 15.8. The Kier molecular flexibility index (Phi) is 10.0. The number of carbonyl (C=O) groups is 2. The molecule has 0 saturated heterocycles. The quantitative estimate of drug-likeness (QED) is 0.308. The fourth-order valence-electron chi connectivity index (χ4n) is 4.56. The summed E-state index contributed by atoms with van der Waals surface area (Å²) in [4.78, 5) is 32.5. The second-order valence-electron chi connectivity index (χ2n) is 9.46. The molecular formula is C29H39FN4O2. The summed E-state index contributed by atoms with van der Waals surface area (Å²) in [7, 11) is 0. The zero-order valence-corrected chi connectivity index (χ0v) is 22.0. The monoisotopic (exact) mass is 494 g/mol. The maximum atomic E-state index is 13.8. The van der Waals surface area contributed by atoms with Crippen molar-refractivity contribution in [3.05, 3.63) is 65.7 Å². The highest BCUT2D eigenvalue weighted by molar-refractivity contribution is 5.94. The molecule has 0 aliphatic rings. The third-order valence-corrected chi connectivity index (χ3v) is 6.93. The average molecular weight is 495 g/mol. The van der Waals surface area contributed by atoms with Crippen LogP contribution in [-0.4, -0.2) is 44.9 Å². The molecule has 7 heteroatoms. The molecule has 3 rings (SSSR count). The van der Waals surface area contributed by atoms with Gasteiger partial charge in [0, 0.05) is 25.0 Å². The molecule has 0 fully saturated rings. The summed E-state index contributed by atoms with van der Waals surface area (Å²) >= 11 is 0. The van der Waals surface area contributed by atoms with Gasteiger partial charge in [-0.3, -0.25) is 9.59 Å². The Morgan fingerprint density at radius 2 is 1.64 bits per heavy atom. The third kappa shape index (κ3) is 6.71. The van der Waals surface area contributed by atoms with Crippen LogP contribution in [0, 0.1) is 5.82 Å². The van der Waals surface area contributed by atoms with E-state index in [4.69, 9.17) is 4.98 Å². The number of aromatic nitrogens is 2. The van der Waals surface area contributed by atoms with Gasteiger partial charge in [0.15, 0.2) is 0 Å². The van der Waals surface area contributed by atoms with E-state index in [1.54, 1.807) is 12.1 Å². The van der Waals surface area contributed by atoms with Crippen molar-refractivity contribution in [3.8, 4) is 0 Å². The van der Waals surface area contributed by atoms with E-state index in [1.807, 2.05) is 29.2 Å². The van der Waals surface area contributed by atoms with Gasteiger partial charge in [-0.2, -0.15) is 0 Å². The highest BCUT2D eigenvalue weighted by atomic mass is 19.1. The van der Waals surface area contributed by atoms with Gasteiger partial charge in [0.25, 0.3) is 5.91 Å². The first-order valence-corrected chi connectivity index (χ1v) is 13.1. The van der Waals surface area contributed by atoms with Crippen molar-refractivity contribution in [3.63, 3.8) is 0 Å². The summed E-state index contributed by atoms with van der Waals surface area (Å²) in [5, 5.41) is 2.79. The van der Waals surface area contributed by atoms with Crippen molar-refractivity contribution in [2.45, 2.75) is 84.8 Å². The molecule has 2 atom stereocenters. The summed E-state index contributed by atoms with van der Waals surface area (Å²) in [5.74, 6) is 0.136. The van der Waals surface area contributed by atoms with E-state index in [2.05, 4.69) is 37.6 Å². The van der Waals surface area contributed by atoms with Crippen molar-refractivity contribution in [1.29, 1.82) is 0 Å². The van der Waals surface area contributed by atoms with E-state index >= 15 is 0 Å². The number of halogens is 1. The lowest BCUT2D eigenvalue weighted by Crippen LogP contribution is -2.45. The Morgan fingerprint density at radius 3 is 2.33 bits per heavy atom. The summed E-state index contributed by atoms with van der Waals surface area (Å²) in [5.41, 5.74) is 1.95. The van der Waals surface area contributed by atoms with Crippen molar-refractivity contribution in [1.82, 2.24) is 19.8 Å². The lowest BCUT2D eigenvalue weighted by atomic mass is 10.1. The average Bonchev–Trinajstić information content (AvgIpc) is 3.23. The number of nitrogens with one attached hydrogen (secondary N) is 1. The van der Waals surface area contributed by atoms with Gasteiger partial charge in [-0.25, -0.2) is 9.37 Å². The van der Waals surface area contributed by atoms with E-state index in [0.717, 1.165) is 55.4 Å². The molecule has 2 amide bonds. The fraction of sp³-hybridized carbons (Fsp3) is 0.483. The standard InChI is InChI=1S/C29H39FN4O2/c1-5-21(3)34(22(4)6-2)28(35)20-33-26-17-12-11-16-25(26)32-27(33)18-8-7-13-19-31-29(36)23-14-9-10-15-24(23)30/h9-12,14-17,21-22H,5-8,13,18-20H2,1-4H3,(H,31,36). The molecule has 0 spiro atoms. The first-order chi connectivity index (χ1) is 17.4. The molecule has 0 bridgehead atoms. The molecule has 6 nitrogen and oxygen atoms in total. The van der Waals surface area contributed by atoms with E-state index in [-0.39, 0.29) is 36.0 Å². The number of rotatable bonds is 13. The summed E-state index contributed by atoms with van der Waals surface area (Å²) in [6.45, 7) is 9.22. The van der Waals surface area contributed by atoms with Crippen LogP contribution in [0.15, 0.2) is 48.5 Å². The minimum atomic E-state index is -0.510. The molecule has 2 aromatic carbocycles. The molecule has 2 unspecified atom stereocenters. The highest BCUT2D eigenvalue weighted by Crippen LogP contribution is 2.20. The zero-order valence-electron chi connectivity index (χ0n) is 22.0. The predicted octanol–water partition coefficient (Wildman–Crippen LogP) is 5.74. The number of para-hydroxylation sites is 2. The Bertz CT molecular complexity index is 1150. The Labute approximate surface area is 213 Å². The van der Waals surface area contributed by atoms with Crippen LogP contribution < -0.4 is 5.32 Å². The van der Waals surface area contributed by atoms with E-state index in [1.165, 1.54) is 12.1 Å². The molecule has 1 aromatic heterocycles. The molecule has 36 heavy (non-hydrogen) atoms. The number of unbranched alkanes of at least 4 members (excludes halogenated alkanes) is 2. The normalized spacial score (nSPS) is 12.9. The Balaban J connectivity index is 1.61. The van der Waals surface area contributed by atoms with E-state index in [9.17, 15) is 14.0 Å². The number of amides is 2. The first-order valence-electron chi connectivity index (χ1n) is 13.1. The summed E-state index contributed by atoms with van der Waals surface area (Å²) in [6.07, 6.45) is 5.14. The van der Waals surface area contributed by atoms with Gasteiger partial charge in [0.2, 0.25) is 5.91 Å². The molecule has 0 aliphatic carbocycles. The summed E-state index contributed by atoms with van der Waals surface area (Å²) in [6, 6.07) is 14.3. The molecule has 1 N–H and O–H groups in total. The highest BCUT2D eigenvalue weighted by Gasteiger charge is 2.25. The lowest BCUT2D eigenvalue weighted by molar-refractivity contribution is -0.136. The van der Waals surface area contributed by atoms with Gasteiger partial charge in [-0.15, -0.1) is 0 Å². The molecule has 1 heterocycles. The fourth-order valence-corrected chi connectivity index (χ4v) is 4.56. The van der Waals surface area contributed by atoms with Crippen LogP contribution in [-0.2, 0) is 17.8 Å². The number of hydrogen-bond donors (Lipinski definition) is 1. The third-order valence-electron chi connectivity index (χ3n) is 6.93. The van der Waals surface area contributed by atoms with Crippen molar-refractivity contribution >= 4 is 22.8 Å². The van der Waals surface area contributed by atoms with Crippen molar-refractivity contribution in [2.75, 3.05) is 6.54 Å². The van der Waals surface area contributed by atoms with Crippen LogP contribution in [0.5, 0.6) is 0 Å². The minimum Gasteiger partial charge on any atom is -0.352 e. The van der Waals surface area contributed by atoms with Crippen LogP contribution in [0.1, 0.15) is 76.0 Å². The molecule has 0 radical (unpaired) electrons. The number of carbonyl (C=O) groups excluding carboxylic acids is 2. The number of hydrogen-bond acceptors (Lipinski definition) is 3. The zero-order chi connectivity index (χ0) is 26.1. The number of aryl methyl sites for hydroxylation is 1. The maximum Gasteiger partial charge on any atom is 0.254 e. The Morgan fingerprint density at radius 1 is 0.972 bits per heavy atom. The van der Waals surface area contributed by atoms with Gasteiger partial charge < -0.3 is 14.8 Å². The van der Waals surface area contributed by atoms with Gasteiger partial charge in [0.05, 0.1) is 16.6 Å². The number of imidazole rings is 1. The van der Waals surface area contributed by atoms with Gasteiger partial charge in [0.1, 0.15) is 18.2 Å². The van der Waals surface area contributed by atoms with E-state index < -0.39 is 5.82 Å². The number of nitrogens with zero attached hydrogens (tertiary/aromatic N) is 3. The topological polar surface area (TPSA) is 67.2 Å². The molecule has 0 aliphatic heterocycles. The molecular weight excluding hydrogens is 455 g/mol. The minimum absolute atomic E-state index is 0.0692. The van der Waals surface area contributed by atoms with Gasteiger partial charge in [-0.1, -0.05) is 44.5 Å². The van der Waals surface area contributed by atoms with Crippen LogP contribution in [0.25, 0.3) is 11.0 Å². The van der Waals surface area contributed by atoms with Crippen LogP contribution in [0.3, 0.4) is 0 Å². The number of fused-ring (bicyclic) bond motifs is 1. The van der Waals surface area contributed by atoms with Crippen molar-refractivity contribution < 1.29 is 14.0 Å². The van der Waals surface area contributed by atoms with Gasteiger partial charge in [-0.05, 0) is 63.8 Å². The lowest BCUT2D eigenvalue weighted by Gasteiger charge is -2.34. The second-order valence-corrected chi connectivity index (χ2v) is 9.46. The predicted molar refractivity (Wildman–Crippen MR) is 142 cm³/mol. The molecule has 3 aromatic rings. The van der Waals surface area contributed by atoms with Gasteiger partial charge >= 0.3 is 0 Å². The Hall–Kier alpha value is -3.22. The smallest absolute Gasteiger partial charge is 0.254 e. The van der Waals surface area contributed by atoms with Crippen LogP contribution >= 0.6 is 0 Å². The van der Waals surface area contributed by atoms with E-state index in [0.29, 0.717) is 6.54 Å². The van der Waals surface area contributed by atoms with Crippen molar-refractivity contribution in [2.24, 2.45) is 0 Å². The molecule has 194 valence electrons. The number of benzene rings is 2.